The van der Waals surface area contributed by atoms with E-state index in [1.165, 1.54) is 18.1 Å². The molecule has 1 amide bonds. The highest BCUT2D eigenvalue weighted by Crippen LogP contribution is 2.21. The summed E-state index contributed by atoms with van der Waals surface area (Å²) < 4.78 is 9.28. The Morgan fingerprint density at radius 2 is 2.29 bits per heavy atom. The molecule has 0 aromatic rings. The molecule has 78 valence electrons. The second-order valence-corrected chi connectivity index (χ2v) is 2.95. The van der Waals surface area contributed by atoms with Crippen LogP contribution in [0.5, 0.6) is 0 Å². The van der Waals surface area contributed by atoms with Crippen LogP contribution in [0.15, 0.2) is 11.6 Å². The summed E-state index contributed by atoms with van der Waals surface area (Å²) in [4.78, 5) is 23.5. The van der Waals surface area contributed by atoms with Crippen LogP contribution in [-0.2, 0) is 14.3 Å². The van der Waals surface area contributed by atoms with E-state index >= 15 is 0 Å². The third kappa shape index (κ3) is 1.86. The maximum atomic E-state index is 11.2. The highest BCUT2D eigenvalue weighted by Gasteiger charge is 2.32. The first kappa shape index (κ1) is 10.6. The Kier molecular flexibility index (Phi) is 3.11. The Balaban J connectivity index is 2.72. The molecule has 0 bridgehead atoms. The molecule has 14 heavy (non-hydrogen) atoms. The quantitative estimate of drug-likeness (QED) is 0.620. The first-order chi connectivity index (χ1) is 6.60. The van der Waals surface area contributed by atoms with Crippen LogP contribution >= 0.6 is 0 Å². The van der Waals surface area contributed by atoms with Crippen LogP contribution in [0, 0.1) is 0 Å². The molecule has 0 saturated heterocycles. The zero-order chi connectivity index (χ0) is 10.7. The van der Waals surface area contributed by atoms with Crippen molar-refractivity contribution in [2.75, 3.05) is 14.2 Å². The maximum absolute atomic E-state index is 11.2. The number of carbonyl (C=O) groups excluding carboxylic acids is 2. The van der Waals surface area contributed by atoms with Gasteiger partial charge in [-0.3, -0.25) is 4.79 Å². The Morgan fingerprint density at radius 1 is 1.64 bits per heavy atom. The van der Waals surface area contributed by atoms with E-state index in [1.54, 1.807) is 7.05 Å². The molecule has 0 N–H and O–H groups in total. The SMILES string of the molecule is CCC1=CC(=O)N(C)C1OC(=O)OC. The molecule has 1 aliphatic heterocycles. The van der Waals surface area contributed by atoms with E-state index in [1.807, 2.05) is 6.92 Å². The highest BCUT2D eigenvalue weighted by atomic mass is 16.7. The fraction of sp³-hybridized carbons (Fsp3) is 0.556. The van der Waals surface area contributed by atoms with Crippen molar-refractivity contribution in [3.8, 4) is 0 Å². The molecular formula is C9H13NO4. The first-order valence-corrected chi connectivity index (χ1v) is 4.32. The molecule has 0 spiro atoms. The van der Waals surface area contributed by atoms with E-state index in [2.05, 4.69) is 4.74 Å². The van der Waals surface area contributed by atoms with Crippen molar-refractivity contribution < 1.29 is 19.1 Å². The van der Waals surface area contributed by atoms with E-state index in [0.717, 1.165) is 5.57 Å². The predicted molar refractivity (Wildman–Crippen MR) is 48.4 cm³/mol. The minimum Gasteiger partial charge on any atom is -0.438 e. The van der Waals surface area contributed by atoms with Gasteiger partial charge in [0.25, 0.3) is 0 Å². The number of rotatable bonds is 2. The lowest BCUT2D eigenvalue weighted by Gasteiger charge is -2.21. The van der Waals surface area contributed by atoms with E-state index in [9.17, 15) is 9.59 Å². The van der Waals surface area contributed by atoms with Gasteiger partial charge in [0.2, 0.25) is 12.1 Å². The van der Waals surface area contributed by atoms with Crippen LogP contribution in [0.25, 0.3) is 0 Å². The molecule has 1 unspecified atom stereocenters. The van der Waals surface area contributed by atoms with Gasteiger partial charge in [-0.25, -0.2) is 4.79 Å². The number of likely N-dealkylation sites (N-methyl/N-ethyl adjacent to an activating group) is 1. The molecule has 1 aliphatic rings. The molecule has 0 saturated carbocycles. The fourth-order valence-corrected chi connectivity index (χ4v) is 1.27. The van der Waals surface area contributed by atoms with Crippen molar-refractivity contribution in [2.45, 2.75) is 19.6 Å². The fourth-order valence-electron chi connectivity index (χ4n) is 1.27. The number of methoxy groups -OCH3 is 1. The third-order valence-corrected chi connectivity index (χ3v) is 2.11. The third-order valence-electron chi connectivity index (χ3n) is 2.11. The largest absolute Gasteiger partial charge is 0.510 e. The van der Waals surface area contributed by atoms with Gasteiger partial charge in [-0.1, -0.05) is 6.92 Å². The molecule has 0 aliphatic carbocycles. The van der Waals surface area contributed by atoms with Gasteiger partial charge in [0.15, 0.2) is 0 Å². The lowest BCUT2D eigenvalue weighted by molar-refractivity contribution is -0.129. The van der Waals surface area contributed by atoms with Crippen molar-refractivity contribution in [1.29, 1.82) is 0 Å². The highest BCUT2D eigenvalue weighted by molar-refractivity contribution is 5.91. The van der Waals surface area contributed by atoms with Crippen LogP contribution in [0.3, 0.4) is 0 Å². The van der Waals surface area contributed by atoms with Crippen LogP contribution < -0.4 is 0 Å². The first-order valence-electron chi connectivity index (χ1n) is 4.32. The molecule has 1 rings (SSSR count). The molecule has 0 aromatic heterocycles. The topological polar surface area (TPSA) is 55.8 Å². The number of nitrogens with zero attached hydrogens (tertiary/aromatic N) is 1. The van der Waals surface area contributed by atoms with Gasteiger partial charge in [0, 0.05) is 13.1 Å². The normalized spacial score (nSPS) is 20.8. The van der Waals surface area contributed by atoms with Gasteiger partial charge in [0.1, 0.15) is 0 Å². The minimum absolute atomic E-state index is 0.157. The average molecular weight is 199 g/mol. The number of hydrogen-bond acceptors (Lipinski definition) is 4. The molecule has 5 heteroatoms. The zero-order valence-corrected chi connectivity index (χ0v) is 8.44. The van der Waals surface area contributed by atoms with Gasteiger partial charge in [-0.15, -0.1) is 0 Å². The molecule has 1 atom stereocenters. The van der Waals surface area contributed by atoms with Crippen LogP contribution in [-0.4, -0.2) is 37.3 Å². The Bertz CT molecular complexity index is 285. The second-order valence-electron chi connectivity index (χ2n) is 2.95. The summed E-state index contributed by atoms with van der Waals surface area (Å²) >= 11 is 0. The molecule has 0 aromatic carbocycles. The zero-order valence-electron chi connectivity index (χ0n) is 8.44. The maximum Gasteiger partial charge on any atom is 0.510 e. The Hall–Kier alpha value is -1.52. The summed E-state index contributed by atoms with van der Waals surface area (Å²) in [5.74, 6) is -0.157. The van der Waals surface area contributed by atoms with Crippen LogP contribution in [0.4, 0.5) is 4.79 Å². The standard InChI is InChI=1S/C9H13NO4/c1-4-6-5-7(11)10(2)8(6)14-9(12)13-3/h5,8H,4H2,1-3H3. The molecule has 0 fully saturated rings. The number of ether oxygens (including phenoxy) is 2. The monoisotopic (exact) mass is 199 g/mol. The molecule has 1 heterocycles. The van der Waals surface area contributed by atoms with Gasteiger partial charge >= 0.3 is 6.16 Å². The Labute approximate surface area is 82.3 Å². The summed E-state index contributed by atoms with van der Waals surface area (Å²) in [7, 11) is 2.81. The lowest BCUT2D eigenvalue weighted by atomic mass is 10.2. The smallest absolute Gasteiger partial charge is 0.438 e. The van der Waals surface area contributed by atoms with Crippen LogP contribution in [0.1, 0.15) is 13.3 Å². The van der Waals surface area contributed by atoms with E-state index < -0.39 is 12.4 Å². The number of amides is 1. The van der Waals surface area contributed by atoms with Crippen molar-refractivity contribution in [3.63, 3.8) is 0 Å². The Morgan fingerprint density at radius 3 is 2.79 bits per heavy atom. The molecule has 5 nitrogen and oxygen atoms in total. The van der Waals surface area contributed by atoms with Crippen molar-refractivity contribution in [2.24, 2.45) is 0 Å². The van der Waals surface area contributed by atoms with Gasteiger partial charge in [0.05, 0.1) is 7.11 Å². The number of hydrogen-bond donors (Lipinski definition) is 0. The summed E-state index contributed by atoms with van der Waals surface area (Å²) in [5.41, 5.74) is 0.780. The summed E-state index contributed by atoms with van der Waals surface area (Å²) in [6.45, 7) is 1.89. The number of carbonyl (C=O) groups is 2. The summed E-state index contributed by atoms with van der Waals surface area (Å²) in [6.07, 6.45) is 0.751. The van der Waals surface area contributed by atoms with Crippen LogP contribution in [0.2, 0.25) is 0 Å². The second kappa shape index (κ2) is 4.13. The lowest BCUT2D eigenvalue weighted by Crippen LogP contribution is -2.35. The molecular weight excluding hydrogens is 186 g/mol. The van der Waals surface area contributed by atoms with Crippen molar-refractivity contribution in [1.82, 2.24) is 4.90 Å². The summed E-state index contributed by atoms with van der Waals surface area (Å²) in [5, 5.41) is 0. The van der Waals surface area contributed by atoms with Gasteiger partial charge in [-0.05, 0) is 12.0 Å². The molecule has 0 radical (unpaired) electrons. The van der Waals surface area contributed by atoms with E-state index in [4.69, 9.17) is 4.74 Å². The minimum atomic E-state index is -0.782. The predicted octanol–water partition coefficient (Wildman–Crippen LogP) is 0.904. The summed E-state index contributed by atoms with van der Waals surface area (Å²) in [6, 6.07) is 0. The van der Waals surface area contributed by atoms with E-state index in [0.29, 0.717) is 6.42 Å². The average Bonchev–Trinajstić information content (AvgIpc) is 2.45. The van der Waals surface area contributed by atoms with Gasteiger partial charge in [-0.2, -0.15) is 0 Å². The van der Waals surface area contributed by atoms with Crippen molar-refractivity contribution in [3.05, 3.63) is 11.6 Å². The van der Waals surface area contributed by atoms with Gasteiger partial charge < -0.3 is 14.4 Å². The van der Waals surface area contributed by atoms with E-state index in [-0.39, 0.29) is 5.91 Å². The van der Waals surface area contributed by atoms with Crippen molar-refractivity contribution >= 4 is 12.1 Å².